The van der Waals surface area contributed by atoms with Crippen LogP contribution in [0.15, 0.2) is 55.1 Å². The van der Waals surface area contributed by atoms with Gasteiger partial charge < -0.3 is 11.1 Å². The molecule has 1 saturated heterocycles. The lowest BCUT2D eigenvalue weighted by Crippen LogP contribution is -2.33. The maximum absolute atomic E-state index is 14.9. The number of nitrogens with two attached hydrogens (primary N) is 1. The molecule has 170 valence electrons. The van der Waals surface area contributed by atoms with Crippen molar-refractivity contribution in [1.82, 2.24) is 15.2 Å². The van der Waals surface area contributed by atoms with Gasteiger partial charge in [0.15, 0.2) is 0 Å². The number of benzene rings is 2. The van der Waals surface area contributed by atoms with Crippen molar-refractivity contribution in [2.24, 2.45) is 0 Å². The van der Waals surface area contributed by atoms with Crippen molar-refractivity contribution in [3.8, 4) is 22.3 Å². The van der Waals surface area contributed by atoms with Crippen molar-refractivity contribution in [2.45, 2.75) is 38.6 Å². The Kier molecular flexibility index (Phi) is 5.90. The van der Waals surface area contributed by atoms with Crippen molar-refractivity contribution in [2.75, 3.05) is 25.4 Å². The molecule has 3 aromatic rings. The molecular weight excluding hydrogens is 411 g/mol. The second-order valence-electron chi connectivity index (χ2n) is 9.05. The quantitative estimate of drug-likeness (QED) is 0.502. The predicted octanol–water partition coefficient (Wildman–Crippen LogP) is 5.80. The highest BCUT2D eigenvalue weighted by atomic mass is 19.1. The van der Waals surface area contributed by atoms with Gasteiger partial charge in [-0.05, 0) is 60.7 Å². The van der Waals surface area contributed by atoms with Crippen LogP contribution < -0.4 is 11.1 Å². The standard InChI is InChI=1S/C28H31FN4/c1-3-33-15-5-4-6-26(33)20-9-7-19(8-10-20)24-17-25(28(30)32-27(24)29)21-11-12-23-18(2)31-14-13-22(23)16-21/h7-12,16-17,26,31H,2-6,13-15H2,1H3,(H2,30,32). The molecule has 3 heterocycles. The van der Waals surface area contributed by atoms with E-state index in [0.29, 0.717) is 11.6 Å². The summed E-state index contributed by atoms with van der Waals surface area (Å²) in [5.41, 5.74) is 13.8. The van der Waals surface area contributed by atoms with E-state index in [1.807, 2.05) is 24.3 Å². The van der Waals surface area contributed by atoms with Gasteiger partial charge in [0.1, 0.15) is 5.82 Å². The number of aromatic nitrogens is 1. The van der Waals surface area contributed by atoms with E-state index in [2.05, 4.69) is 53.0 Å². The molecule has 5 heteroatoms. The number of nitrogen functional groups attached to an aromatic ring is 1. The molecule has 0 aliphatic carbocycles. The summed E-state index contributed by atoms with van der Waals surface area (Å²) in [6.07, 6.45) is 4.62. The fraction of sp³-hybridized carbons (Fsp3) is 0.321. The first-order chi connectivity index (χ1) is 16.0. The fourth-order valence-corrected chi connectivity index (χ4v) is 5.28. The van der Waals surface area contributed by atoms with Crippen molar-refractivity contribution >= 4 is 11.5 Å². The van der Waals surface area contributed by atoms with Crippen molar-refractivity contribution < 1.29 is 4.39 Å². The largest absolute Gasteiger partial charge is 0.385 e. The second-order valence-corrected chi connectivity index (χ2v) is 9.05. The van der Waals surface area contributed by atoms with E-state index in [4.69, 9.17) is 5.73 Å². The summed E-state index contributed by atoms with van der Waals surface area (Å²) in [5.74, 6) is -0.325. The third-order valence-corrected chi connectivity index (χ3v) is 7.11. The summed E-state index contributed by atoms with van der Waals surface area (Å²) in [7, 11) is 0. The molecule has 0 spiro atoms. The van der Waals surface area contributed by atoms with Crippen LogP contribution in [0.5, 0.6) is 0 Å². The Morgan fingerprint density at radius 1 is 1.06 bits per heavy atom. The highest BCUT2D eigenvalue weighted by molar-refractivity contribution is 5.81. The van der Waals surface area contributed by atoms with Gasteiger partial charge in [0.25, 0.3) is 0 Å². The zero-order valence-corrected chi connectivity index (χ0v) is 19.2. The molecule has 0 radical (unpaired) electrons. The van der Waals surface area contributed by atoms with Crippen LogP contribution in [0.1, 0.15) is 48.9 Å². The lowest BCUT2D eigenvalue weighted by Gasteiger charge is -2.35. The van der Waals surface area contributed by atoms with Crippen LogP contribution in [0.2, 0.25) is 0 Å². The molecule has 1 atom stereocenters. The van der Waals surface area contributed by atoms with Gasteiger partial charge in [-0.2, -0.15) is 4.39 Å². The Hall–Kier alpha value is -3.18. The Morgan fingerprint density at radius 2 is 1.85 bits per heavy atom. The van der Waals surface area contributed by atoms with Crippen LogP contribution in [-0.2, 0) is 6.42 Å². The molecule has 2 aromatic carbocycles. The van der Waals surface area contributed by atoms with E-state index in [9.17, 15) is 4.39 Å². The lowest BCUT2D eigenvalue weighted by molar-refractivity contribution is 0.157. The van der Waals surface area contributed by atoms with Crippen LogP contribution in [0.3, 0.4) is 0 Å². The predicted molar refractivity (Wildman–Crippen MR) is 134 cm³/mol. The number of nitrogens with one attached hydrogen (secondary N) is 1. The van der Waals surface area contributed by atoms with Crippen LogP contribution >= 0.6 is 0 Å². The number of pyridine rings is 1. The van der Waals surface area contributed by atoms with Gasteiger partial charge in [-0.15, -0.1) is 0 Å². The third kappa shape index (κ3) is 4.13. The molecule has 2 aliphatic heterocycles. The van der Waals surface area contributed by atoms with Crippen molar-refractivity contribution in [1.29, 1.82) is 0 Å². The first kappa shape index (κ1) is 21.7. The van der Waals surface area contributed by atoms with E-state index < -0.39 is 5.95 Å². The van der Waals surface area contributed by atoms with Crippen molar-refractivity contribution in [3.05, 3.63) is 77.7 Å². The van der Waals surface area contributed by atoms with Crippen LogP contribution in [0.4, 0.5) is 10.2 Å². The maximum Gasteiger partial charge on any atom is 0.222 e. The number of hydrogen-bond donors (Lipinski definition) is 2. The summed E-state index contributed by atoms with van der Waals surface area (Å²) in [6.45, 7) is 9.37. The summed E-state index contributed by atoms with van der Waals surface area (Å²) in [5, 5.41) is 3.30. The normalized spacial score (nSPS) is 18.6. The summed E-state index contributed by atoms with van der Waals surface area (Å²) in [4.78, 5) is 6.59. The van der Waals surface area contributed by atoms with E-state index in [-0.39, 0.29) is 5.82 Å². The molecule has 1 fully saturated rings. The molecule has 2 aliphatic rings. The SMILES string of the molecule is C=C1NCCc2cc(-c3cc(-c4ccc(C5CCCCN5CC)cc4)c(F)nc3N)ccc21. The lowest BCUT2D eigenvalue weighted by atomic mass is 9.92. The minimum atomic E-state index is -0.535. The summed E-state index contributed by atoms with van der Waals surface area (Å²) in [6, 6.07) is 16.8. The van der Waals surface area contributed by atoms with Gasteiger partial charge in [0.2, 0.25) is 5.95 Å². The highest BCUT2D eigenvalue weighted by Gasteiger charge is 2.23. The first-order valence-corrected chi connectivity index (χ1v) is 11.9. The minimum Gasteiger partial charge on any atom is -0.385 e. The van der Waals surface area contributed by atoms with Crippen molar-refractivity contribution in [3.63, 3.8) is 0 Å². The highest BCUT2D eigenvalue weighted by Crippen LogP contribution is 2.36. The Morgan fingerprint density at radius 3 is 2.64 bits per heavy atom. The van der Waals surface area contributed by atoms with Crippen LogP contribution in [0.25, 0.3) is 28.0 Å². The molecule has 3 N–H and O–H groups in total. The molecule has 1 aromatic heterocycles. The van der Waals surface area contributed by atoms with Gasteiger partial charge in [-0.25, -0.2) is 4.98 Å². The van der Waals surface area contributed by atoms with E-state index in [1.54, 1.807) is 0 Å². The Balaban J connectivity index is 1.49. The fourth-order valence-electron chi connectivity index (χ4n) is 5.28. The molecule has 1 unspecified atom stereocenters. The zero-order chi connectivity index (χ0) is 22.9. The molecule has 0 saturated carbocycles. The summed E-state index contributed by atoms with van der Waals surface area (Å²) < 4.78 is 14.9. The number of fused-ring (bicyclic) bond motifs is 1. The van der Waals surface area contributed by atoms with Crippen LogP contribution in [0, 0.1) is 5.95 Å². The number of piperidine rings is 1. The van der Waals surface area contributed by atoms with Gasteiger partial charge in [-0.3, -0.25) is 4.90 Å². The molecule has 0 bridgehead atoms. The number of halogens is 1. The molecular formula is C28H31FN4. The van der Waals surface area contributed by atoms with Gasteiger partial charge in [0, 0.05) is 35.0 Å². The second kappa shape index (κ2) is 8.99. The monoisotopic (exact) mass is 442 g/mol. The average molecular weight is 443 g/mol. The number of rotatable bonds is 4. The maximum atomic E-state index is 14.9. The Bertz CT molecular complexity index is 1190. The Labute approximate surface area is 195 Å². The van der Waals surface area contributed by atoms with Crippen LogP contribution in [-0.4, -0.2) is 29.5 Å². The smallest absolute Gasteiger partial charge is 0.222 e. The van der Waals surface area contributed by atoms with E-state index in [1.165, 1.54) is 30.4 Å². The first-order valence-electron chi connectivity index (χ1n) is 11.9. The number of nitrogens with zero attached hydrogens (tertiary/aromatic N) is 2. The summed E-state index contributed by atoms with van der Waals surface area (Å²) >= 11 is 0. The molecule has 0 amide bonds. The number of hydrogen-bond acceptors (Lipinski definition) is 4. The zero-order valence-electron chi connectivity index (χ0n) is 19.2. The van der Waals surface area contributed by atoms with E-state index >= 15 is 0 Å². The third-order valence-electron chi connectivity index (χ3n) is 7.11. The van der Waals surface area contributed by atoms with Gasteiger partial charge in [0.05, 0.1) is 0 Å². The molecule has 4 nitrogen and oxygen atoms in total. The molecule has 33 heavy (non-hydrogen) atoms. The number of anilines is 1. The molecule has 5 rings (SSSR count). The average Bonchev–Trinajstić information content (AvgIpc) is 2.84. The van der Waals surface area contributed by atoms with Gasteiger partial charge in [-0.1, -0.05) is 62.4 Å². The number of likely N-dealkylation sites (tertiary alicyclic amines) is 1. The topological polar surface area (TPSA) is 54.2 Å². The van der Waals surface area contributed by atoms with E-state index in [0.717, 1.165) is 54.0 Å². The minimum absolute atomic E-state index is 0.210. The van der Waals surface area contributed by atoms with Gasteiger partial charge >= 0.3 is 0 Å².